The lowest BCUT2D eigenvalue weighted by molar-refractivity contribution is 0.405. The molecule has 3 aromatic carbocycles. The Kier molecular flexibility index (Phi) is 3.68. The fraction of sp³-hybridized carbons (Fsp3) is 0.308. The number of hydrogen-bond donors (Lipinski definition) is 0. The van der Waals surface area contributed by atoms with E-state index in [1.54, 1.807) is 7.11 Å². The van der Waals surface area contributed by atoms with Crippen molar-refractivity contribution in [2.75, 3.05) is 7.11 Å². The smallest absolute Gasteiger partial charge is 0.124 e. The lowest BCUT2D eigenvalue weighted by Crippen LogP contribution is -2.26. The second-order valence-electron chi connectivity index (χ2n) is 8.98. The zero-order valence-corrected chi connectivity index (χ0v) is 18.7. The summed E-state index contributed by atoms with van der Waals surface area (Å²) in [7, 11) is 1.79. The average molecular weight is 433 g/mol. The minimum atomic E-state index is -0.101. The lowest BCUT2D eigenvalue weighted by Gasteiger charge is -2.30. The van der Waals surface area contributed by atoms with Gasteiger partial charge >= 0.3 is 0 Å². The van der Waals surface area contributed by atoms with Crippen LogP contribution in [0, 0.1) is 13.8 Å². The zero-order chi connectivity index (χ0) is 19.8. The summed E-state index contributed by atoms with van der Waals surface area (Å²) < 4.78 is 6.94. The average Bonchev–Trinajstić information content (AvgIpc) is 3.05. The molecule has 0 aromatic heterocycles. The van der Waals surface area contributed by atoms with E-state index in [0.29, 0.717) is 0 Å². The highest BCUT2D eigenvalue weighted by Gasteiger charge is 2.55. The van der Waals surface area contributed by atoms with E-state index in [1.165, 1.54) is 44.5 Å². The minimum Gasteiger partial charge on any atom is -0.496 e. The van der Waals surface area contributed by atoms with Gasteiger partial charge in [-0.2, -0.15) is 0 Å². The van der Waals surface area contributed by atoms with Crippen LogP contribution in [0.5, 0.6) is 5.75 Å². The highest BCUT2D eigenvalue weighted by atomic mass is 79.9. The summed E-state index contributed by atoms with van der Waals surface area (Å²) in [6.07, 6.45) is 1.07. The molecule has 142 valence electrons. The van der Waals surface area contributed by atoms with E-state index in [2.05, 4.69) is 92.2 Å². The van der Waals surface area contributed by atoms with E-state index < -0.39 is 0 Å². The van der Waals surface area contributed by atoms with E-state index in [4.69, 9.17) is 4.74 Å². The van der Waals surface area contributed by atoms with Crippen molar-refractivity contribution in [2.24, 2.45) is 0 Å². The third-order valence-corrected chi connectivity index (χ3v) is 7.36. The molecule has 1 spiro atoms. The monoisotopic (exact) mass is 432 g/mol. The van der Waals surface area contributed by atoms with E-state index >= 15 is 0 Å². The van der Waals surface area contributed by atoms with Crippen molar-refractivity contribution in [3.05, 3.63) is 86.4 Å². The maximum atomic E-state index is 5.80. The Morgan fingerprint density at radius 1 is 0.893 bits per heavy atom. The van der Waals surface area contributed by atoms with Gasteiger partial charge in [0.2, 0.25) is 0 Å². The summed E-state index contributed by atoms with van der Waals surface area (Å²) in [6, 6.07) is 18.2. The Hall–Kier alpha value is -2.06. The number of halogens is 1. The molecule has 0 heterocycles. The molecule has 0 N–H and O–H groups in total. The maximum absolute atomic E-state index is 5.80. The molecule has 5 rings (SSSR count). The van der Waals surface area contributed by atoms with Gasteiger partial charge in [-0.05, 0) is 82.3 Å². The normalized spacial score (nSPS) is 20.8. The minimum absolute atomic E-state index is 0.0669. The molecule has 1 unspecified atom stereocenters. The van der Waals surface area contributed by atoms with Gasteiger partial charge in [0.1, 0.15) is 5.75 Å². The summed E-state index contributed by atoms with van der Waals surface area (Å²) in [6.45, 7) is 9.18. The summed E-state index contributed by atoms with van der Waals surface area (Å²) >= 11 is 3.74. The molecule has 0 saturated carbocycles. The van der Waals surface area contributed by atoms with E-state index in [0.717, 1.165) is 16.6 Å². The summed E-state index contributed by atoms with van der Waals surface area (Å²) in [5, 5.41) is 0. The van der Waals surface area contributed by atoms with Crippen LogP contribution in [0.25, 0.3) is 11.1 Å². The summed E-state index contributed by atoms with van der Waals surface area (Å²) in [5.74, 6) is 1.03. The zero-order valence-electron chi connectivity index (χ0n) is 17.1. The van der Waals surface area contributed by atoms with Gasteiger partial charge in [-0.25, -0.2) is 0 Å². The predicted molar refractivity (Wildman–Crippen MR) is 120 cm³/mol. The Morgan fingerprint density at radius 3 is 2.36 bits per heavy atom. The number of aryl methyl sites for hydroxylation is 1. The van der Waals surface area contributed by atoms with Gasteiger partial charge in [0, 0.05) is 9.89 Å². The molecule has 2 aliphatic carbocycles. The molecule has 0 fully saturated rings. The highest BCUT2D eigenvalue weighted by molar-refractivity contribution is 9.10. The van der Waals surface area contributed by atoms with Crippen molar-refractivity contribution in [3.8, 4) is 16.9 Å². The van der Waals surface area contributed by atoms with Crippen molar-refractivity contribution < 1.29 is 4.74 Å². The van der Waals surface area contributed by atoms with Crippen LogP contribution in [0.4, 0.5) is 0 Å². The Balaban J connectivity index is 1.96. The number of ether oxygens (including phenoxy) is 1. The molecule has 0 saturated heterocycles. The predicted octanol–water partition coefficient (Wildman–Crippen LogP) is 7.07. The van der Waals surface area contributed by atoms with Gasteiger partial charge in [-0.1, -0.05) is 66.2 Å². The van der Waals surface area contributed by atoms with Crippen molar-refractivity contribution in [1.82, 2.24) is 0 Å². The van der Waals surface area contributed by atoms with Crippen molar-refractivity contribution >= 4 is 15.9 Å². The molecule has 1 atom stereocenters. The van der Waals surface area contributed by atoms with Crippen LogP contribution in [0.1, 0.15) is 53.6 Å². The van der Waals surface area contributed by atoms with Crippen molar-refractivity contribution in [2.45, 2.75) is 44.9 Å². The lowest BCUT2D eigenvalue weighted by atomic mass is 9.71. The largest absolute Gasteiger partial charge is 0.496 e. The second kappa shape index (κ2) is 5.73. The van der Waals surface area contributed by atoms with E-state index in [1.807, 2.05) is 0 Å². The van der Waals surface area contributed by atoms with Crippen LogP contribution in [-0.2, 0) is 10.8 Å². The van der Waals surface area contributed by atoms with Gasteiger partial charge in [0.15, 0.2) is 0 Å². The number of methoxy groups -OCH3 is 1. The first-order valence-electron chi connectivity index (χ1n) is 9.90. The molecule has 28 heavy (non-hydrogen) atoms. The molecular formula is C26H25BrO. The fourth-order valence-corrected chi connectivity index (χ4v) is 6.52. The molecule has 0 bridgehead atoms. The SMILES string of the molecule is COc1c(C)cc2c(c1C)C(C)(C)CC21c2ccccc2-c2ccc(Br)cc21. The van der Waals surface area contributed by atoms with Crippen LogP contribution in [0.3, 0.4) is 0 Å². The van der Waals surface area contributed by atoms with E-state index in [-0.39, 0.29) is 10.8 Å². The van der Waals surface area contributed by atoms with Crippen molar-refractivity contribution in [1.29, 1.82) is 0 Å². The van der Waals surface area contributed by atoms with Crippen molar-refractivity contribution in [3.63, 3.8) is 0 Å². The Bertz CT molecular complexity index is 1140. The first-order valence-corrected chi connectivity index (χ1v) is 10.7. The summed E-state index contributed by atoms with van der Waals surface area (Å²) in [4.78, 5) is 0. The van der Waals surface area contributed by atoms with Gasteiger partial charge < -0.3 is 4.74 Å². The first-order chi connectivity index (χ1) is 13.3. The molecule has 0 aliphatic heterocycles. The molecule has 0 amide bonds. The first kappa shape index (κ1) is 18.0. The maximum Gasteiger partial charge on any atom is 0.124 e. The molecule has 0 radical (unpaired) electrons. The topological polar surface area (TPSA) is 9.23 Å². The molecule has 2 aliphatic rings. The Morgan fingerprint density at radius 2 is 1.61 bits per heavy atom. The molecule has 2 heteroatoms. The van der Waals surface area contributed by atoms with Gasteiger partial charge in [-0.15, -0.1) is 0 Å². The number of rotatable bonds is 1. The standard InChI is InChI=1S/C26H25BrO/c1-15-12-22-23(16(2)24(15)28-5)25(3,4)14-26(22)20-9-7-6-8-18(20)19-11-10-17(27)13-21(19)26/h6-13H,14H2,1-5H3. The van der Waals surface area contributed by atoms with Gasteiger partial charge in [0.25, 0.3) is 0 Å². The number of fused-ring (bicyclic) bond motifs is 7. The third-order valence-electron chi connectivity index (χ3n) is 6.87. The molecule has 3 aromatic rings. The third kappa shape index (κ3) is 2.07. The molecule has 1 nitrogen and oxygen atoms in total. The van der Waals surface area contributed by atoms with Crippen LogP contribution in [-0.4, -0.2) is 7.11 Å². The fourth-order valence-electron chi connectivity index (χ4n) is 6.16. The number of benzene rings is 3. The Labute approximate surface area is 175 Å². The van der Waals surface area contributed by atoms with E-state index in [9.17, 15) is 0 Å². The van der Waals surface area contributed by atoms with Gasteiger partial charge in [-0.3, -0.25) is 0 Å². The molecular weight excluding hydrogens is 408 g/mol. The second-order valence-corrected chi connectivity index (χ2v) is 9.89. The van der Waals surface area contributed by atoms with Crippen LogP contribution >= 0.6 is 15.9 Å². The van der Waals surface area contributed by atoms with Crippen LogP contribution in [0.15, 0.2) is 53.0 Å². The van der Waals surface area contributed by atoms with Crippen LogP contribution < -0.4 is 4.74 Å². The highest BCUT2D eigenvalue weighted by Crippen LogP contribution is 2.64. The van der Waals surface area contributed by atoms with Crippen LogP contribution in [0.2, 0.25) is 0 Å². The quantitative estimate of drug-likeness (QED) is 0.399. The van der Waals surface area contributed by atoms with Gasteiger partial charge in [0.05, 0.1) is 7.11 Å². The summed E-state index contributed by atoms with van der Waals surface area (Å²) in [5.41, 5.74) is 11.0. The number of hydrogen-bond acceptors (Lipinski definition) is 1.